The lowest BCUT2D eigenvalue weighted by Crippen LogP contribution is -2.35. The molecule has 1 aliphatic heterocycles. The van der Waals surface area contributed by atoms with E-state index in [2.05, 4.69) is 0 Å². The maximum Gasteiger partial charge on any atom is 0.338 e. The number of hydrogen-bond donors (Lipinski definition) is 0. The molecule has 3 aromatic rings. The van der Waals surface area contributed by atoms with Crippen molar-refractivity contribution in [2.45, 2.75) is 19.9 Å². The van der Waals surface area contributed by atoms with Gasteiger partial charge in [0, 0.05) is 11.8 Å². The van der Waals surface area contributed by atoms with Crippen molar-refractivity contribution < 1.29 is 18.7 Å². The molecule has 2 aromatic heterocycles. The minimum atomic E-state index is -0.579. The van der Waals surface area contributed by atoms with Crippen LogP contribution in [0.2, 0.25) is 0 Å². The first-order valence-corrected chi connectivity index (χ1v) is 10.2. The topological polar surface area (TPSA) is 83.0 Å². The molecule has 1 aromatic carbocycles. The predicted molar refractivity (Wildman–Crippen MR) is 113 cm³/mol. The van der Waals surface area contributed by atoms with Gasteiger partial charge >= 0.3 is 5.97 Å². The Labute approximate surface area is 176 Å². The van der Waals surface area contributed by atoms with Gasteiger partial charge in [0.15, 0.2) is 4.80 Å². The standard InChI is InChI=1S/C22H20N2O5S/c1-4-28-21(26)18-13(2)24-20(25)17(12-16-6-5-11-29-16)30-22(24)23-19(18)14-7-9-15(27-3)10-8-14/h5-12,19H,4H2,1-3H3/b17-12+/t19-/m0/s1. The van der Waals surface area contributed by atoms with Crippen molar-refractivity contribution in [2.24, 2.45) is 4.99 Å². The Morgan fingerprint density at radius 3 is 2.70 bits per heavy atom. The second-order valence-electron chi connectivity index (χ2n) is 6.57. The van der Waals surface area contributed by atoms with Crippen molar-refractivity contribution in [1.82, 2.24) is 4.57 Å². The molecule has 154 valence electrons. The molecule has 0 bridgehead atoms. The lowest BCUT2D eigenvalue weighted by atomic mass is 9.96. The van der Waals surface area contributed by atoms with E-state index in [-0.39, 0.29) is 12.2 Å². The summed E-state index contributed by atoms with van der Waals surface area (Å²) >= 11 is 1.25. The number of esters is 1. The average molecular weight is 424 g/mol. The number of carbonyl (C=O) groups excluding carboxylic acids is 1. The number of fused-ring (bicyclic) bond motifs is 1. The van der Waals surface area contributed by atoms with Crippen molar-refractivity contribution in [3.8, 4) is 5.75 Å². The van der Waals surface area contributed by atoms with Crippen LogP contribution in [0.15, 0.2) is 62.4 Å². The number of hydrogen-bond acceptors (Lipinski definition) is 7. The molecular formula is C22H20N2O5S. The van der Waals surface area contributed by atoms with Crippen molar-refractivity contribution in [2.75, 3.05) is 13.7 Å². The Hall–Kier alpha value is -3.39. The highest BCUT2D eigenvalue weighted by Crippen LogP contribution is 2.33. The first-order chi connectivity index (χ1) is 14.5. The van der Waals surface area contributed by atoms with E-state index in [0.717, 1.165) is 5.56 Å². The Morgan fingerprint density at radius 2 is 2.07 bits per heavy atom. The summed E-state index contributed by atoms with van der Waals surface area (Å²) in [6.45, 7) is 3.72. The van der Waals surface area contributed by atoms with Crippen LogP contribution in [0.3, 0.4) is 0 Å². The van der Waals surface area contributed by atoms with E-state index in [0.29, 0.717) is 32.1 Å². The van der Waals surface area contributed by atoms with Gasteiger partial charge in [-0.2, -0.15) is 0 Å². The fourth-order valence-corrected chi connectivity index (χ4v) is 4.37. The molecule has 0 amide bonds. The van der Waals surface area contributed by atoms with Crippen LogP contribution in [0.5, 0.6) is 5.75 Å². The molecule has 4 rings (SSSR count). The molecule has 0 fully saturated rings. The van der Waals surface area contributed by atoms with E-state index >= 15 is 0 Å². The molecule has 8 heteroatoms. The molecule has 3 heterocycles. The van der Waals surface area contributed by atoms with Crippen LogP contribution in [0.4, 0.5) is 0 Å². The van der Waals surface area contributed by atoms with Gasteiger partial charge in [-0.1, -0.05) is 23.5 Å². The molecule has 0 spiro atoms. The average Bonchev–Trinajstić information content (AvgIpc) is 3.36. The largest absolute Gasteiger partial charge is 0.497 e. The molecule has 0 radical (unpaired) electrons. The molecule has 1 aliphatic rings. The summed E-state index contributed by atoms with van der Waals surface area (Å²) < 4.78 is 17.8. The van der Waals surface area contributed by atoms with Crippen LogP contribution < -0.4 is 19.6 Å². The van der Waals surface area contributed by atoms with Gasteiger partial charge in [0.2, 0.25) is 0 Å². The molecule has 0 aliphatic carbocycles. The maximum atomic E-state index is 13.0. The number of nitrogens with zero attached hydrogens (tertiary/aromatic N) is 2. The number of allylic oxidation sites excluding steroid dienone is 1. The number of carbonyl (C=O) groups is 1. The lowest BCUT2D eigenvalue weighted by molar-refractivity contribution is -0.138. The summed E-state index contributed by atoms with van der Waals surface area (Å²) in [6.07, 6.45) is 3.22. The molecule has 30 heavy (non-hydrogen) atoms. The summed E-state index contributed by atoms with van der Waals surface area (Å²) in [6, 6.07) is 10.3. The van der Waals surface area contributed by atoms with Crippen molar-refractivity contribution in [3.63, 3.8) is 0 Å². The zero-order chi connectivity index (χ0) is 21.3. The normalized spacial score (nSPS) is 16.2. The molecule has 1 atom stereocenters. The molecular weight excluding hydrogens is 404 g/mol. The van der Waals surface area contributed by atoms with Crippen LogP contribution >= 0.6 is 11.3 Å². The van der Waals surface area contributed by atoms with E-state index in [9.17, 15) is 9.59 Å². The Morgan fingerprint density at radius 1 is 1.30 bits per heavy atom. The van der Waals surface area contributed by atoms with Gasteiger partial charge in [0.25, 0.3) is 5.56 Å². The third-order valence-electron chi connectivity index (χ3n) is 4.79. The van der Waals surface area contributed by atoms with E-state index < -0.39 is 12.0 Å². The molecule has 0 unspecified atom stereocenters. The SMILES string of the molecule is CCOC(=O)C1=C(C)n2c(s/c(=C/c3ccco3)c2=O)=N[C@H]1c1ccc(OC)cc1. The number of methoxy groups -OCH3 is 1. The van der Waals surface area contributed by atoms with Crippen molar-refractivity contribution in [1.29, 1.82) is 0 Å². The summed E-state index contributed by atoms with van der Waals surface area (Å²) in [5.41, 5.74) is 1.42. The van der Waals surface area contributed by atoms with E-state index in [1.165, 1.54) is 15.9 Å². The first-order valence-electron chi connectivity index (χ1n) is 9.40. The van der Waals surface area contributed by atoms with Gasteiger partial charge in [0.05, 0.1) is 25.6 Å². The number of aromatic nitrogens is 1. The van der Waals surface area contributed by atoms with Crippen LogP contribution in [0, 0.1) is 0 Å². The summed E-state index contributed by atoms with van der Waals surface area (Å²) in [4.78, 5) is 31.1. The summed E-state index contributed by atoms with van der Waals surface area (Å²) in [5, 5.41) is 0. The fraction of sp³-hybridized carbons (Fsp3) is 0.227. The van der Waals surface area contributed by atoms with E-state index in [1.54, 1.807) is 45.4 Å². The van der Waals surface area contributed by atoms with Gasteiger partial charge in [-0.05, 0) is 43.7 Å². The van der Waals surface area contributed by atoms with Gasteiger partial charge in [-0.3, -0.25) is 9.36 Å². The number of benzene rings is 1. The number of rotatable bonds is 5. The van der Waals surface area contributed by atoms with Gasteiger partial charge in [0.1, 0.15) is 22.1 Å². The van der Waals surface area contributed by atoms with Crippen LogP contribution in [0.25, 0.3) is 11.8 Å². The number of ether oxygens (including phenoxy) is 2. The third kappa shape index (κ3) is 3.50. The first kappa shape index (κ1) is 19.9. The second kappa shape index (κ2) is 8.16. The van der Waals surface area contributed by atoms with Crippen LogP contribution in [-0.2, 0) is 9.53 Å². The predicted octanol–water partition coefficient (Wildman–Crippen LogP) is 2.51. The van der Waals surface area contributed by atoms with Crippen LogP contribution in [-0.4, -0.2) is 24.3 Å². The zero-order valence-electron chi connectivity index (χ0n) is 16.7. The van der Waals surface area contributed by atoms with E-state index in [1.807, 2.05) is 24.3 Å². The van der Waals surface area contributed by atoms with Crippen molar-refractivity contribution >= 4 is 29.1 Å². The molecule has 0 saturated heterocycles. The smallest absolute Gasteiger partial charge is 0.338 e. The number of furan rings is 1. The highest BCUT2D eigenvalue weighted by molar-refractivity contribution is 7.07. The number of thiazole rings is 1. The fourth-order valence-electron chi connectivity index (χ4n) is 3.35. The van der Waals surface area contributed by atoms with Gasteiger partial charge < -0.3 is 13.9 Å². The van der Waals surface area contributed by atoms with Gasteiger partial charge in [-0.25, -0.2) is 9.79 Å². The quantitative estimate of drug-likeness (QED) is 0.588. The third-order valence-corrected chi connectivity index (χ3v) is 5.77. The Bertz CT molecular complexity index is 1280. The Balaban J connectivity index is 1.93. The summed E-state index contributed by atoms with van der Waals surface area (Å²) in [7, 11) is 1.59. The highest BCUT2D eigenvalue weighted by atomic mass is 32.1. The monoisotopic (exact) mass is 424 g/mol. The second-order valence-corrected chi connectivity index (χ2v) is 7.58. The molecule has 0 saturated carbocycles. The molecule has 7 nitrogen and oxygen atoms in total. The zero-order valence-corrected chi connectivity index (χ0v) is 17.6. The molecule has 0 N–H and O–H groups in total. The van der Waals surface area contributed by atoms with Crippen molar-refractivity contribution in [3.05, 3.63) is 79.2 Å². The lowest BCUT2D eigenvalue weighted by Gasteiger charge is -2.22. The minimum absolute atomic E-state index is 0.230. The maximum absolute atomic E-state index is 13.0. The van der Waals surface area contributed by atoms with E-state index in [4.69, 9.17) is 18.9 Å². The Kier molecular flexibility index (Phi) is 5.41. The summed E-state index contributed by atoms with van der Waals surface area (Å²) in [5.74, 6) is 0.793. The van der Waals surface area contributed by atoms with Gasteiger partial charge in [-0.15, -0.1) is 0 Å². The highest BCUT2D eigenvalue weighted by Gasteiger charge is 2.31. The van der Waals surface area contributed by atoms with Crippen LogP contribution in [0.1, 0.15) is 31.2 Å². The minimum Gasteiger partial charge on any atom is -0.497 e.